The van der Waals surface area contributed by atoms with Crippen LogP contribution in [-0.4, -0.2) is 11.1 Å². The molecule has 0 heterocycles. The summed E-state index contributed by atoms with van der Waals surface area (Å²) in [7, 11) is 0. The first kappa shape index (κ1) is 12.7. The van der Waals surface area contributed by atoms with Crippen LogP contribution in [-0.2, 0) is 25.7 Å². The van der Waals surface area contributed by atoms with Crippen LogP contribution < -0.4 is 0 Å². The Morgan fingerprint density at radius 1 is 1.05 bits per heavy atom. The standard InChI is InChI=1S/C17H22O2/c1-10-3-5-14-12(7-10)9-13-8-11(2)4-6-15(13)16(14)17(18)19/h9-11H,3-8H2,1-2H3,(H,18,19). The number of rotatable bonds is 1. The van der Waals surface area contributed by atoms with E-state index in [0.29, 0.717) is 17.4 Å². The maximum Gasteiger partial charge on any atom is 0.336 e. The van der Waals surface area contributed by atoms with E-state index < -0.39 is 5.97 Å². The maximum atomic E-state index is 11.7. The van der Waals surface area contributed by atoms with Gasteiger partial charge >= 0.3 is 5.97 Å². The SMILES string of the molecule is CC1CCc2c(cc3c(c2C(=O)O)CCC(C)C3)C1. The number of carboxylic acid groups (broad SMARTS) is 1. The molecule has 19 heavy (non-hydrogen) atoms. The number of benzene rings is 1. The summed E-state index contributed by atoms with van der Waals surface area (Å²) in [6.07, 6.45) is 6.25. The largest absolute Gasteiger partial charge is 0.478 e. The molecular formula is C17H22O2. The highest BCUT2D eigenvalue weighted by atomic mass is 16.4. The fourth-order valence-electron chi connectivity index (χ4n) is 3.82. The number of carboxylic acids is 1. The van der Waals surface area contributed by atoms with Crippen LogP contribution in [0.5, 0.6) is 0 Å². The lowest BCUT2D eigenvalue weighted by atomic mass is 9.75. The van der Waals surface area contributed by atoms with E-state index in [2.05, 4.69) is 19.9 Å². The van der Waals surface area contributed by atoms with Crippen LogP contribution in [0.1, 0.15) is 59.3 Å². The van der Waals surface area contributed by atoms with Gasteiger partial charge in [0.1, 0.15) is 0 Å². The number of hydrogen-bond donors (Lipinski definition) is 1. The van der Waals surface area contributed by atoms with Gasteiger partial charge in [-0.25, -0.2) is 4.79 Å². The molecule has 0 saturated heterocycles. The molecule has 3 rings (SSSR count). The molecule has 1 N–H and O–H groups in total. The molecule has 0 amide bonds. The average Bonchev–Trinajstić information content (AvgIpc) is 2.35. The van der Waals surface area contributed by atoms with Crippen molar-refractivity contribution >= 4 is 5.97 Å². The van der Waals surface area contributed by atoms with Crippen molar-refractivity contribution in [2.24, 2.45) is 11.8 Å². The third-order valence-corrected chi connectivity index (χ3v) is 4.85. The van der Waals surface area contributed by atoms with E-state index >= 15 is 0 Å². The van der Waals surface area contributed by atoms with Crippen LogP contribution in [0.15, 0.2) is 6.07 Å². The van der Waals surface area contributed by atoms with E-state index in [1.54, 1.807) is 0 Å². The lowest BCUT2D eigenvalue weighted by Crippen LogP contribution is -2.22. The highest BCUT2D eigenvalue weighted by Gasteiger charge is 2.28. The second-order valence-corrected chi connectivity index (χ2v) is 6.53. The van der Waals surface area contributed by atoms with Crippen molar-refractivity contribution in [2.45, 2.75) is 52.4 Å². The van der Waals surface area contributed by atoms with E-state index in [-0.39, 0.29) is 0 Å². The minimum Gasteiger partial charge on any atom is -0.478 e. The smallest absolute Gasteiger partial charge is 0.336 e. The molecule has 0 aliphatic heterocycles. The summed E-state index contributed by atoms with van der Waals surface area (Å²) in [5, 5.41) is 9.63. The van der Waals surface area contributed by atoms with Crippen molar-refractivity contribution in [2.75, 3.05) is 0 Å². The van der Waals surface area contributed by atoms with Gasteiger partial charge in [-0.3, -0.25) is 0 Å². The van der Waals surface area contributed by atoms with E-state index in [4.69, 9.17) is 0 Å². The lowest BCUT2D eigenvalue weighted by Gasteiger charge is -2.30. The first-order valence-electron chi connectivity index (χ1n) is 7.46. The van der Waals surface area contributed by atoms with Crippen molar-refractivity contribution < 1.29 is 9.90 Å². The summed E-state index contributed by atoms with van der Waals surface area (Å²) in [6, 6.07) is 2.32. The van der Waals surface area contributed by atoms with Crippen LogP contribution in [0.3, 0.4) is 0 Å². The molecule has 0 fully saturated rings. The Bertz CT molecular complexity index is 492. The Balaban J connectivity index is 2.17. The van der Waals surface area contributed by atoms with Crippen molar-refractivity contribution in [1.82, 2.24) is 0 Å². The molecule has 2 heteroatoms. The zero-order chi connectivity index (χ0) is 13.6. The molecule has 2 atom stereocenters. The van der Waals surface area contributed by atoms with Gasteiger partial charge in [0.15, 0.2) is 0 Å². The summed E-state index contributed by atoms with van der Waals surface area (Å²) < 4.78 is 0. The van der Waals surface area contributed by atoms with Gasteiger partial charge in [0, 0.05) is 0 Å². The first-order valence-corrected chi connectivity index (χ1v) is 7.46. The van der Waals surface area contributed by atoms with Gasteiger partial charge in [0.2, 0.25) is 0 Å². The van der Waals surface area contributed by atoms with Gasteiger partial charge in [-0.2, -0.15) is 0 Å². The minimum atomic E-state index is -0.711. The molecular weight excluding hydrogens is 236 g/mol. The molecule has 2 nitrogen and oxygen atoms in total. The fourth-order valence-corrected chi connectivity index (χ4v) is 3.82. The van der Waals surface area contributed by atoms with Crippen LogP contribution in [0, 0.1) is 11.8 Å². The first-order chi connectivity index (χ1) is 9.06. The van der Waals surface area contributed by atoms with Gasteiger partial charge in [0.05, 0.1) is 5.56 Å². The summed E-state index contributed by atoms with van der Waals surface area (Å²) >= 11 is 0. The van der Waals surface area contributed by atoms with Gasteiger partial charge < -0.3 is 5.11 Å². The lowest BCUT2D eigenvalue weighted by molar-refractivity contribution is 0.0693. The molecule has 0 radical (unpaired) electrons. The summed E-state index contributed by atoms with van der Waals surface area (Å²) in [4.78, 5) is 11.7. The normalized spacial score (nSPS) is 25.6. The fraction of sp³-hybridized carbons (Fsp3) is 0.588. The molecule has 1 aromatic carbocycles. The van der Waals surface area contributed by atoms with Crippen LogP contribution in [0.2, 0.25) is 0 Å². The Hall–Kier alpha value is -1.31. The van der Waals surface area contributed by atoms with Crippen molar-refractivity contribution in [3.05, 3.63) is 33.9 Å². The molecule has 0 saturated carbocycles. The second kappa shape index (κ2) is 4.66. The Morgan fingerprint density at radius 3 is 1.95 bits per heavy atom. The molecule has 2 aliphatic rings. The summed E-state index contributed by atoms with van der Waals surface area (Å²) in [6.45, 7) is 4.54. The Labute approximate surface area is 114 Å². The average molecular weight is 258 g/mol. The maximum absolute atomic E-state index is 11.7. The second-order valence-electron chi connectivity index (χ2n) is 6.53. The summed E-state index contributed by atoms with van der Waals surface area (Å²) in [5.41, 5.74) is 5.55. The Morgan fingerprint density at radius 2 is 1.53 bits per heavy atom. The van der Waals surface area contributed by atoms with Crippen LogP contribution in [0.4, 0.5) is 0 Å². The highest BCUT2D eigenvalue weighted by Crippen LogP contribution is 2.36. The topological polar surface area (TPSA) is 37.3 Å². The third-order valence-electron chi connectivity index (χ3n) is 4.85. The van der Waals surface area contributed by atoms with Gasteiger partial charge in [-0.15, -0.1) is 0 Å². The molecule has 0 aromatic heterocycles. The van der Waals surface area contributed by atoms with E-state index in [9.17, 15) is 9.90 Å². The van der Waals surface area contributed by atoms with Crippen molar-refractivity contribution in [3.8, 4) is 0 Å². The van der Waals surface area contributed by atoms with Crippen LogP contribution >= 0.6 is 0 Å². The van der Waals surface area contributed by atoms with Crippen molar-refractivity contribution in [1.29, 1.82) is 0 Å². The van der Waals surface area contributed by atoms with Gasteiger partial charge in [-0.1, -0.05) is 19.9 Å². The number of hydrogen-bond acceptors (Lipinski definition) is 1. The predicted octanol–water partition coefficient (Wildman–Crippen LogP) is 3.63. The minimum absolute atomic E-state index is 0.659. The van der Waals surface area contributed by atoms with Gasteiger partial charge in [0.25, 0.3) is 0 Å². The van der Waals surface area contributed by atoms with E-state index in [0.717, 1.165) is 49.7 Å². The van der Waals surface area contributed by atoms with E-state index in [1.807, 2.05) is 0 Å². The Kier molecular flexibility index (Phi) is 3.12. The molecule has 2 unspecified atom stereocenters. The summed E-state index contributed by atoms with van der Waals surface area (Å²) in [5.74, 6) is 0.665. The van der Waals surface area contributed by atoms with Gasteiger partial charge in [-0.05, 0) is 72.6 Å². The monoisotopic (exact) mass is 258 g/mol. The zero-order valence-corrected chi connectivity index (χ0v) is 11.8. The third kappa shape index (κ3) is 2.18. The molecule has 1 aromatic rings. The molecule has 2 aliphatic carbocycles. The molecule has 102 valence electrons. The number of carbonyl (C=O) groups is 1. The van der Waals surface area contributed by atoms with Crippen molar-refractivity contribution in [3.63, 3.8) is 0 Å². The van der Waals surface area contributed by atoms with E-state index in [1.165, 1.54) is 11.1 Å². The predicted molar refractivity (Wildman–Crippen MR) is 75.8 cm³/mol. The zero-order valence-electron chi connectivity index (χ0n) is 11.8. The highest BCUT2D eigenvalue weighted by molar-refractivity contribution is 5.92. The number of aromatic carboxylic acids is 1. The molecule has 0 spiro atoms. The van der Waals surface area contributed by atoms with Crippen LogP contribution in [0.25, 0.3) is 0 Å². The number of fused-ring (bicyclic) bond motifs is 2. The molecule has 0 bridgehead atoms. The quantitative estimate of drug-likeness (QED) is 0.835.